The van der Waals surface area contributed by atoms with Crippen LogP contribution in [0.5, 0.6) is 0 Å². The lowest BCUT2D eigenvalue weighted by Gasteiger charge is -2.11. The summed E-state index contributed by atoms with van der Waals surface area (Å²) in [7, 11) is 6.30. The lowest BCUT2D eigenvalue weighted by Crippen LogP contribution is -2.10. The van der Waals surface area contributed by atoms with Crippen molar-refractivity contribution in [2.24, 2.45) is 7.05 Å². The normalized spacial score (nSPS) is 11.7. The highest BCUT2D eigenvalue weighted by Crippen LogP contribution is 2.31. The van der Waals surface area contributed by atoms with Gasteiger partial charge >= 0.3 is 0 Å². The summed E-state index contributed by atoms with van der Waals surface area (Å²) in [6.07, 6.45) is 3.80. The van der Waals surface area contributed by atoms with Crippen molar-refractivity contribution in [3.63, 3.8) is 0 Å². The quantitative estimate of drug-likeness (QED) is 0.557. The molecule has 0 saturated heterocycles. The molecule has 0 aliphatic heterocycles. The molecule has 0 unspecified atom stereocenters. The SMILES string of the molecule is CN(C)Cc1cccc(-c2ccc3c(c2)c2ccncc2n3C)c1. The first-order valence-corrected chi connectivity index (χ1v) is 8.20. The second kappa shape index (κ2) is 5.77. The average molecular weight is 315 g/mol. The van der Waals surface area contributed by atoms with Gasteiger partial charge in [-0.05, 0) is 55.1 Å². The highest BCUT2D eigenvalue weighted by atomic mass is 15.0. The monoisotopic (exact) mass is 315 g/mol. The first kappa shape index (κ1) is 14.9. The zero-order valence-electron chi connectivity index (χ0n) is 14.3. The minimum Gasteiger partial charge on any atom is -0.342 e. The van der Waals surface area contributed by atoms with Gasteiger partial charge in [-0.1, -0.05) is 24.3 Å². The van der Waals surface area contributed by atoms with Crippen molar-refractivity contribution in [2.45, 2.75) is 6.54 Å². The lowest BCUT2D eigenvalue weighted by atomic mass is 10.0. The van der Waals surface area contributed by atoms with Crippen molar-refractivity contribution in [1.29, 1.82) is 0 Å². The number of rotatable bonds is 3. The predicted molar refractivity (Wildman–Crippen MR) is 101 cm³/mol. The molecule has 4 aromatic rings. The number of pyridine rings is 1. The van der Waals surface area contributed by atoms with Gasteiger partial charge in [0, 0.05) is 36.1 Å². The molecule has 0 spiro atoms. The van der Waals surface area contributed by atoms with E-state index < -0.39 is 0 Å². The van der Waals surface area contributed by atoms with Crippen LogP contribution < -0.4 is 0 Å². The smallest absolute Gasteiger partial charge is 0.0675 e. The summed E-state index contributed by atoms with van der Waals surface area (Å²) in [5, 5.41) is 2.54. The van der Waals surface area contributed by atoms with Gasteiger partial charge in [-0.25, -0.2) is 0 Å². The van der Waals surface area contributed by atoms with Crippen LogP contribution >= 0.6 is 0 Å². The van der Waals surface area contributed by atoms with Gasteiger partial charge in [-0.15, -0.1) is 0 Å². The van der Waals surface area contributed by atoms with Crippen LogP contribution in [0.4, 0.5) is 0 Å². The summed E-state index contributed by atoms with van der Waals surface area (Å²) in [6, 6.07) is 17.6. The molecule has 3 nitrogen and oxygen atoms in total. The molecule has 0 amide bonds. The van der Waals surface area contributed by atoms with E-state index in [-0.39, 0.29) is 0 Å². The third kappa shape index (κ3) is 2.47. The second-order valence-electron chi connectivity index (χ2n) is 6.62. The Labute approximate surface area is 142 Å². The Hall–Kier alpha value is -2.65. The topological polar surface area (TPSA) is 21.1 Å². The molecule has 0 aliphatic rings. The third-order valence-electron chi connectivity index (χ3n) is 4.57. The summed E-state index contributed by atoms with van der Waals surface area (Å²) in [5.74, 6) is 0. The van der Waals surface area contributed by atoms with Crippen LogP contribution in [0.2, 0.25) is 0 Å². The van der Waals surface area contributed by atoms with Crippen LogP contribution in [0.3, 0.4) is 0 Å². The van der Waals surface area contributed by atoms with E-state index in [4.69, 9.17) is 0 Å². The summed E-state index contributed by atoms with van der Waals surface area (Å²) in [5.41, 5.74) is 6.27. The molecule has 0 aliphatic carbocycles. The first-order chi connectivity index (χ1) is 11.6. The molecule has 2 aromatic carbocycles. The molecule has 0 radical (unpaired) electrons. The van der Waals surface area contributed by atoms with E-state index in [1.54, 1.807) is 0 Å². The van der Waals surface area contributed by atoms with Gasteiger partial charge in [0.25, 0.3) is 0 Å². The van der Waals surface area contributed by atoms with Gasteiger partial charge in [0.1, 0.15) is 0 Å². The fraction of sp³-hybridized carbons (Fsp3) is 0.190. The Balaban J connectivity index is 1.88. The Bertz CT molecular complexity index is 1030. The van der Waals surface area contributed by atoms with Crippen LogP contribution in [0.15, 0.2) is 60.9 Å². The van der Waals surface area contributed by atoms with Crippen molar-refractivity contribution in [2.75, 3.05) is 14.1 Å². The van der Waals surface area contributed by atoms with E-state index in [9.17, 15) is 0 Å². The fourth-order valence-corrected chi connectivity index (χ4v) is 3.45. The number of hydrogen-bond acceptors (Lipinski definition) is 2. The van der Waals surface area contributed by atoms with Crippen LogP contribution in [0, 0.1) is 0 Å². The molecule has 0 fully saturated rings. The summed E-state index contributed by atoms with van der Waals surface area (Å²) >= 11 is 0. The molecular weight excluding hydrogens is 294 g/mol. The van der Waals surface area contributed by atoms with E-state index in [0.717, 1.165) is 6.54 Å². The molecule has 0 bridgehead atoms. The minimum atomic E-state index is 0.954. The van der Waals surface area contributed by atoms with E-state index in [2.05, 4.69) is 84.1 Å². The summed E-state index contributed by atoms with van der Waals surface area (Å²) in [4.78, 5) is 6.46. The number of aryl methyl sites for hydroxylation is 1. The molecule has 120 valence electrons. The van der Waals surface area contributed by atoms with Crippen molar-refractivity contribution < 1.29 is 0 Å². The maximum Gasteiger partial charge on any atom is 0.0675 e. The Morgan fingerprint density at radius 2 is 1.75 bits per heavy atom. The van der Waals surface area contributed by atoms with Gasteiger partial charge < -0.3 is 9.47 Å². The Morgan fingerprint density at radius 1 is 0.917 bits per heavy atom. The number of fused-ring (bicyclic) bond motifs is 3. The molecule has 0 atom stereocenters. The number of benzene rings is 2. The average Bonchev–Trinajstić information content (AvgIpc) is 2.87. The third-order valence-corrected chi connectivity index (χ3v) is 4.57. The van der Waals surface area contributed by atoms with Gasteiger partial charge in [-0.3, -0.25) is 4.98 Å². The largest absolute Gasteiger partial charge is 0.342 e. The molecule has 2 aromatic heterocycles. The zero-order chi connectivity index (χ0) is 16.7. The summed E-state index contributed by atoms with van der Waals surface area (Å²) in [6.45, 7) is 0.954. The van der Waals surface area contributed by atoms with Crippen LogP contribution in [-0.2, 0) is 13.6 Å². The molecule has 0 saturated carbocycles. The van der Waals surface area contributed by atoms with Crippen LogP contribution in [-0.4, -0.2) is 28.5 Å². The maximum absolute atomic E-state index is 4.26. The number of aromatic nitrogens is 2. The molecule has 2 heterocycles. The molecule has 3 heteroatoms. The number of nitrogens with zero attached hydrogens (tertiary/aromatic N) is 3. The van der Waals surface area contributed by atoms with Gasteiger partial charge in [0.2, 0.25) is 0 Å². The van der Waals surface area contributed by atoms with Crippen molar-refractivity contribution in [1.82, 2.24) is 14.5 Å². The van der Waals surface area contributed by atoms with Crippen LogP contribution in [0.25, 0.3) is 32.9 Å². The zero-order valence-corrected chi connectivity index (χ0v) is 14.3. The molecule has 4 rings (SSSR count). The number of hydrogen-bond donors (Lipinski definition) is 0. The van der Waals surface area contributed by atoms with Gasteiger partial charge in [-0.2, -0.15) is 0 Å². The van der Waals surface area contributed by atoms with E-state index >= 15 is 0 Å². The molecule has 24 heavy (non-hydrogen) atoms. The first-order valence-electron chi connectivity index (χ1n) is 8.20. The Kier molecular flexibility index (Phi) is 3.58. The van der Waals surface area contributed by atoms with Gasteiger partial charge in [0.15, 0.2) is 0 Å². The van der Waals surface area contributed by atoms with Gasteiger partial charge in [0.05, 0.1) is 11.7 Å². The van der Waals surface area contributed by atoms with Crippen LogP contribution in [0.1, 0.15) is 5.56 Å². The standard InChI is InChI=1S/C21H21N3/c1-23(2)14-15-5-4-6-16(11-15)17-7-8-20-19(12-17)18-9-10-22-13-21(18)24(20)3/h4-13H,14H2,1-3H3. The van der Waals surface area contributed by atoms with Crippen molar-refractivity contribution in [3.05, 3.63) is 66.5 Å². The maximum atomic E-state index is 4.26. The Morgan fingerprint density at radius 3 is 2.58 bits per heavy atom. The lowest BCUT2D eigenvalue weighted by molar-refractivity contribution is 0.402. The van der Waals surface area contributed by atoms with E-state index in [1.165, 1.54) is 38.5 Å². The van der Waals surface area contributed by atoms with E-state index in [0.29, 0.717) is 0 Å². The summed E-state index contributed by atoms with van der Waals surface area (Å²) < 4.78 is 2.21. The molecular formula is C21H21N3. The molecule has 0 N–H and O–H groups in total. The predicted octanol–water partition coefficient (Wildman–Crippen LogP) is 4.46. The minimum absolute atomic E-state index is 0.954. The van der Waals surface area contributed by atoms with Crippen molar-refractivity contribution in [3.8, 4) is 11.1 Å². The highest BCUT2D eigenvalue weighted by Gasteiger charge is 2.09. The van der Waals surface area contributed by atoms with Crippen molar-refractivity contribution >= 4 is 21.8 Å². The second-order valence-corrected chi connectivity index (χ2v) is 6.62. The fourth-order valence-electron chi connectivity index (χ4n) is 3.45. The van der Waals surface area contributed by atoms with E-state index in [1.807, 2.05) is 12.4 Å². The highest BCUT2D eigenvalue weighted by molar-refractivity contribution is 6.08.